The molecule has 0 atom stereocenters. The molecule has 2 aromatic heterocycles. The van der Waals surface area contributed by atoms with Crippen LogP contribution >= 0.6 is 11.6 Å². The molecule has 0 unspecified atom stereocenters. The van der Waals surface area contributed by atoms with Crippen LogP contribution in [0, 0.1) is 0 Å². The summed E-state index contributed by atoms with van der Waals surface area (Å²) in [5.74, 6) is -0.412. The molecule has 1 aromatic carbocycles. The van der Waals surface area contributed by atoms with Crippen molar-refractivity contribution in [2.24, 2.45) is 0 Å². The highest BCUT2D eigenvalue weighted by molar-refractivity contribution is 7.88. The molecular formula is C15H9ClF3NO3S. The van der Waals surface area contributed by atoms with E-state index in [0.717, 1.165) is 0 Å². The van der Waals surface area contributed by atoms with E-state index in [1.54, 1.807) is 42.7 Å². The molecule has 0 radical (unpaired) electrons. The van der Waals surface area contributed by atoms with Crippen LogP contribution in [0.5, 0.6) is 5.75 Å². The van der Waals surface area contributed by atoms with Gasteiger partial charge in [-0.25, -0.2) is 0 Å². The van der Waals surface area contributed by atoms with Gasteiger partial charge in [-0.15, -0.1) is 0 Å². The Labute approximate surface area is 140 Å². The standard InChI is InChI=1S/C15H9ClF3NO3S/c16-12-5-3-10(4-6-12)11-8-14(13-2-1-7-20(13)9-11)23-24(21,22)15(17,18)19/h1-9H. The monoisotopic (exact) mass is 375 g/mol. The van der Waals surface area contributed by atoms with Gasteiger partial charge >= 0.3 is 15.6 Å². The first-order valence-corrected chi connectivity index (χ1v) is 8.33. The smallest absolute Gasteiger partial charge is 0.374 e. The van der Waals surface area contributed by atoms with Crippen LogP contribution in [0.4, 0.5) is 13.2 Å². The van der Waals surface area contributed by atoms with E-state index in [2.05, 4.69) is 4.18 Å². The number of alkyl halides is 3. The summed E-state index contributed by atoms with van der Waals surface area (Å²) in [7, 11) is -5.76. The van der Waals surface area contributed by atoms with Gasteiger partial charge in [-0.05, 0) is 35.9 Å². The maximum atomic E-state index is 12.6. The van der Waals surface area contributed by atoms with E-state index in [0.29, 0.717) is 16.1 Å². The summed E-state index contributed by atoms with van der Waals surface area (Å²) in [4.78, 5) is 0. The van der Waals surface area contributed by atoms with E-state index in [1.165, 1.54) is 16.5 Å². The van der Waals surface area contributed by atoms with Gasteiger partial charge in [0.15, 0.2) is 5.75 Å². The molecule has 3 aromatic rings. The minimum atomic E-state index is -5.76. The molecule has 126 valence electrons. The molecule has 9 heteroatoms. The minimum absolute atomic E-state index is 0.195. The van der Waals surface area contributed by atoms with Crippen molar-refractivity contribution < 1.29 is 25.8 Å². The fourth-order valence-electron chi connectivity index (χ4n) is 2.15. The van der Waals surface area contributed by atoms with Crippen molar-refractivity contribution in [3.05, 3.63) is 59.9 Å². The zero-order valence-corrected chi connectivity index (χ0v) is 13.4. The normalized spacial score (nSPS) is 12.5. The van der Waals surface area contributed by atoms with Crippen molar-refractivity contribution in [2.75, 3.05) is 0 Å². The molecule has 0 aliphatic rings. The molecule has 0 N–H and O–H groups in total. The number of hydrogen-bond acceptors (Lipinski definition) is 3. The molecule has 0 aliphatic carbocycles. The van der Waals surface area contributed by atoms with Crippen LogP contribution in [0.15, 0.2) is 54.9 Å². The third-order valence-corrected chi connectivity index (χ3v) is 4.47. The topological polar surface area (TPSA) is 47.8 Å². The first kappa shape index (κ1) is 16.7. The molecule has 0 fully saturated rings. The van der Waals surface area contributed by atoms with E-state index in [9.17, 15) is 21.6 Å². The zero-order valence-electron chi connectivity index (χ0n) is 11.8. The van der Waals surface area contributed by atoms with E-state index >= 15 is 0 Å². The lowest BCUT2D eigenvalue weighted by Gasteiger charge is -2.12. The lowest BCUT2D eigenvalue weighted by atomic mass is 10.1. The quantitative estimate of drug-likeness (QED) is 0.500. The second-order valence-corrected chi connectivity index (χ2v) is 6.86. The molecule has 0 spiro atoms. The van der Waals surface area contributed by atoms with Gasteiger partial charge in [-0.2, -0.15) is 21.6 Å². The van der Waals surface area contributed by atoms with Crippen molar-refractivity contribution in [3.8, 4) is 16.9 Å². The van der Waals surface area contributed by atoms with Crippen LogP contribution in [0.1, 0.15) is 0 Å². The maximum absolute atomic E-state index is 12.6. The van der Waals surface area contributed by atoms with Crippen LogP contribution in [0.2, 0.25) is 5.02 Å². The maximum Gasteiger partial charge on any atom is 0.534 e. The van der Waals surface area contributed by atoms with Gasteiger partial charge in [-0.1, -0.05) is 23.7 Å². The minimum Gasteiger partial charge on any atom is -0.374 e. The fourth-order valence-corrected chi connectivity index (χ4v) is 2.74. The Kier molecular flexibility index (Phi) is 3.97. The summed E-state index contributed by atoms with van der Waals surface area (Å²) in [6.07, 6.45) is 3.22. The van der Waals surface area contributed by atoms with Gasteiger partial charge in [0.25, 0.3) is 0 Å². The number of rotatable bonds is 3. The largest absolute Gasteiger partial charge is 0.534 e. The molecule has 0 amide bonds. The van der Waals surface area contributed by atoms with Gasteiger partial charge in [0.1, 0.15) is 0 Å². The van der Waals surface area contributed by atoms with E-state index in [-0.39, 0.29) is 5.52 Å². The average Bonchev–Trinajstić information content (AvgIpc) is 2.95. The third-order valence-electron chi connectivity index (χ3n) is 3.26. The van der Waals surface area contributed by atoms with Gasteiger partial charge in [0.2, 0.25) is 0 Å². The predicted molar refractivity (Wildman–Crippen MR) is 83.4 cm³/mol. The lowest BCUT2D eigenvalue weighted by Crippen LogP contribution is -2.28. The summed E-state index contributed by atoms with van der Waals surface area (Å²) in [5.41, 5.74) is -4.19. The van der Waals surface area contributed by atoms with E-state index < -0.39 is 21.4 Å². The summed E-state index contributed by atoms with van der Waals surface area (Å²) in [5, 5.41) is 0.497. The Bertz CT molecular complexity index is 995. The Balaban J connectivity index is 2.14. The van der Waals surface area contributed by atoms with Crippen LogP contribution < -0.4 is 4.18 Å². The highest BCUT2D eigenvalue weighted by Crippen LogP contribution is 2.33. The molecule has 3 rings (SSSR count). The molecule has 0 bridgehead atoms. The first-order chi connectivity index (χ1) is 11.2. The lowest BCUT2D eigenvalue weighted by molar-refractivity contribution is -0.0499. The number of pyridine rings is 1. The molecule has 4 nitrogen and oxygen atoms in total. The van der Waals surface area contributed by atoms with Crippen LogP contribution in [-0.2, 0) is 10.1 Å². The third kappa shape index (κ3) is 3.07. The van der Waals surface area contributed by atoms with Gasteiger partial charge in [0.05, 0.1) is 5.52 Å². The predicted octanol–water partition coefficient (Wildman–Crippen LogP) is 4.49. The van der Waals surface area contributed by atoms with Gasteiger partial charge in [-0.3, -0.25) is 0 Å². The number of fused-ring (bicyclic) bond motifs is 1. The summed E-state index contributed by atoms with van der Waals surface area (Å²) >= 11 is 5.81. The zero-order chi connectivity index (χ0) is 17.5. The number of hydrogen-bond donors (Lipinski definition) is 0. The van der Waals surface area contributed by atoms with Crippen molar-refractivity contribution in [2.45, 2.75) is 5.51 Å². The Morgan fingerprint density at radius 1 is 1.04 bits per heavy atom. The van der Waals surface area contributed by atoms with Crippen LogP contribution in [-0.4, -0.2) is 18.3 Å². The number of benzene rings is 1. The van der Waals surface area contributed by atoms with Crippen LogP contribution in [0.25, 0.3) is 16.6 Å². The highest BCUT2D eigenvalue weighted by atomic mass is 35.5. The SMILES string of the molecule is O=S(=O)(Oc1cc(-c2ccc(Cl)cc2)cn2cccc12)C(F)(F)F. The molecule has 0 saturated heterocycles. The molecule has 0 saturated carbocycles. The average molecular weight is 376 g/mol. The first-order valence-electron chi connectivity index (χ1n) is 6.55. The number of halogens is 4. The van der Waals surface area contributed by atoms with E-state index in [4.69, 9.17) is 11.6 Å². The van der Waals surface area contributed by atoms with Gasteiger partial charge < -0.3 is 8.58 Å². The van der Waals surface area contributed by atoms with Crippen molar-refractivity contribution in [1.82, 2.24) is 4.40 Å². The molecule has 2 heterocycles. The number of nitrogens with zero attached hydrogens (tertiary/aromatic N) is 1. The molecular weight excluding hydrogens is 367 g/mol. The molecule has 24 heavy (non-hydrogen) atoms. The van der Waals surface area contributed by atoms with Crippen molar-refractivity contribution >= 4 is 27.2 Å². The molecule has 0 aliphatic heterocycles. The fraction of sp³-hybridized carbons (Fsp3) is 0.0667. The Morgan fingerprint density at radius 3 is 2.33 bits per heavy atom. The number of aromatic nitrogens is 1. The second kappa shape index (κ2) is 5.71. The van der Waals surface area contributed by atoms with Crippen molar-refractivity contribution in [1.29, 1.82) is 0 Å². The van der Waals surface area contributed by atoms with Gasteiger partial charge in [0, 0.05) is 23.0 Å². The summed E-state index contributed by atoms with van der Waals surface area (Å²) in [6, 6.07) is 10.8. The Morgan fingerprint density at radius 2 is 1.71 bits per heavy atom. The second-order valence-electron chi connectivity index (χ2n) is 4.88. The Hall–Kier alpha value is -2.19. The highest BCUT2D eigenvalue weighted by Gasteiger charge is 2.48. The summed E-state index contributed by atoms with van der Waals surface area (Å²) in [6.45, 7) is 0. The summed E-state index contributed by atoms with van der Waals surface area (Å²) < 4.78 is 66.1. The van der Waals surface area contributed by atoms with Crippen LogP contribution in [0.3, 0.4) is 0 Å². The van der Waals surface area contributed by atoms with E-state index in [1.807, 2.05) is 0 Å². The van der Waals surface area contributed by atoms with Crippen molar-refractivity contribution in [3.63, 3.8) is 0 Å².